The molecule has 3 heterocycles. The molecule has 4 rings (SSSR count). The van der Waals surface area contributed by atoms with Crippen LogP contribution >= 0.6 is 11.6 Å². The summed E-state index contributed by atoms with van der Waals surface area (Å²) in [6.07, 6.45) is 1.28. The van der Waals surface area contributed by atoms with Crippen LogP contribution < -0.4 is 0 Å². The largest absolute Gasteiger partial charge is 0.378 e. The van der Waals surface area contributed by atoms with Crippen LogP contribution in [0.1, 0.15) is 18.7 Å². The molecule has 1 amide bonds. The van der Waals surface area contributed by atoms with E-state index in [1.165, 1.54) is 16.4 Å². The number of nitrogens with zero attached hydrogens (tertiary/aromatic N) is 4. The summed E-state index contributed by atoms with van der Waals surface area (Å²) in [5.74, 6) is 0.290. The van der Waals surface area contributed by atoms with Crippen molar-refractivity contribution in [3.63, 3.8) is 0 Å². The third-order valence-corrected chi connectivity index (χ3v) is 7.74. The Morgan fingerprint density at radius 3 is 2.70 bits per heavy atom. The van der Waals surface area contributed by atoms with E-state index in [0.29, 0.717) is 63.0 Å². The lowest BCUT2D eigenvalue weighted by Crippen LogP contribution is -2.49. The van der Waals surface area contributed by atoms with Gasteiger partial charge in [-0.2, -0.15) is 9.29 Å². The molecule has 1 atom stereocenters. The minimum Gasteiger partial charge on any atom is -0.378 e. The van der Waals surface area contributed by atoms with E-state index >= 15 is 0 Å². The molecular weight excluding hydrogens is 432 g/mol. The lowest BCUT2D eigenvalue weighted by Gasteiger charge is -2.35. The highest BCUT2D eigenvalue weighted by molar-refractivity contribution is 7.89. The topological polar surface area (TPSA) is 106 Å². The molecule has 0 aliphatic carbocycles. The fraction of sp³-hybridized carbons (Fsp3) is 0.526. The number of halogens is 1. The maximum absolute atomic E-state index is 13.4. The molecule has 0 N–H and O–H groups in total. The van der Waals surface area contributed by atoms with Crippen LogP contribution in [-0.4, -0.2) is 73.1 Å². The molecular formula is C19H23ClN4O5S. The predicted molar refractivity (Wildman–Crippen MR) is 108 cm³/mol. The molecule has 0 saturated carbocycles. The molecule has 2 aromatic rings. The Morgan fingerprint density at radius 2 is 2.00 bits per heavy atom. The second-order valence-electron chi connectivity index (χ2n) is 7.42. The smallest absolute Gasteiger partial charge is 0.244 e. The molecule has 2 saturated heterocycles. The molecule has 11 heteroatoms. The number of ether oxygens (including phenoxy) is 1. The number of rotatable bonds is 4. The second kappa shape index (κ2) is 8.62. The Hall–Kier alpha value is -2.01. The van der Waals surface area contributed by atoms with E-state index < -0.39 is 10.0 Å². The van der Waals surface area contributed by atoms with E-state index in [9.17, 15) is 13.2 Å². The summed E-state index contributed by atoms with van der Waals surface area (Å²) < 4.78 is 38.4. The zero-order valence-corrected chi connectivity index (χ0v) is 18.2. The number of amides is 1. The molecule has 1 aromatic heterocycles. The van der Waals surface area contributed by atoms with E-state index in [2.05, 4.69) is 10.1 Å². The number of aryl methyl sites for hydroxylation is 1. The summed E-state index contributed by atoms with van der Waals surface area (Å²) in [4.78, 5) is 18.7. The predicted octanol–water partition coefficient (Wildman–Crippen LogP) is 1.96. The number of hydrogen-bond donors (Lipinski definition) is 0. The average Bonchev–Trinajstić information content (AvgIpc) is 3.20. The van der Waals surface area contributed by atoms with Gasteiger partial charge in [0.1, 0.15) is 4.90 Å². The Labute approximate surface area is 180 Å². The van der Waals surface area contributed by atoms with Crippen molar-refractivity contribution in [1.82, 2.24) is 19.3 Å². The highest BCUT2D eigenvalue weighted by Crippen LogP contribution is 2.32. The summed E-state index contributed by atoms with van der Waals surface area (Å²) in [5.41, 5.74) is 0.493. The summed E-state index contributed by atoms with van der Waals surface area (Å²) in [6, 6.07) is 4.61. The number of carbonyl (C=O) groups is 1. The van der Waals surface area contributed by atoms with E-state index in [1.54, 1.807) is 17.9 Å². The van der Waals surface area contributed by atoms with Gasteiger partial charge in [0.25, 0.3) is 0 Å². The minimum absolute atomic E-state index is 0.0136. The first-order valence-corrected chi connectivity index (χ1v) is 11.6. The molecule has 0 unspecified atom stereocenters. The number of aromatic nitrogens is 2. The van der Waals surface area contributed by atoms with Crippen LogP contribution in [0.4, 0.5) is 0 Å². The Kier molecular flexibility index (Phi) is 6.10. The fourth-order valence-electron chi connectivity index (χ4n) is 3.80. The van der Waals surface area contributed by atoms with Crippen molar-refractivity contribution in [2.75, 3.05) is 39.4 Å². The van der Waals surface area contributed by atoms with Gasteiger partial charge in [-0.25, -0.2) is 8.42 Å². The highest BCUT2D eigenvalue weighted by Gasteiger charge is 2.36. The van der Waals surface area contributed by atoms with Crippen LogP contribution in [0.5, 0.6) is 0 Å². The first kappa shape index (κ1) is 21.2. The third-order valence-electron chi connectivity index (χ3n) is 5.39. The molecule has 0 radical (unpaired) electrons. The number of benzene rings is 1. The standard InChI is InChI=1S/C19H23ClN4O5S/c1-13-21-18(22-29-13)14-4-5-16(20)17(11-14)30(26,27)24-6-2-3-15(12-24)19(25)23-7-9-28-10-8-23/h4-5,11,15H,2-3,6-10,12H2,1H3/t15-/m1/s1. The van der Waals surface area contributed by atoms with Gasteiger partial charge >= 0.3 is 0 Å². The Balaban J connectivity index is 1.57. The van der Waals surface area contributed by atoms with Gasteiger partial charge in [0.05, 0.1) is 24.2 Å². The Bertz CT molecular complexity index is 1040. The number of carbonyl (C=O) groups excluding carboxylic acids is 1. The van der Waals surface area contributed by atoms with Crippen molar-refractivity contribution in [1.29, 1.82) is 0 Å². The first-order valence-electron chi connectivity index (χ1n) is 9.83. The SMILES string of the molecule is Cc1nc(-c2ccc(Cl)c(S(=O)(=O)N3CCC[C@@H](C(=O)N4CCOCC4)C3)c2)no1. The summed E-state index contributed by atoms with van der Waals surface area (Å²) in [7, 11) is -3.89. The van der Waals surface area contributed by atoms with Gasteiger partial charge in [0, 0.05) is 38.7 Å². The van der Waals surface area contributed by atoms with E-state index in [0.717, 1.165) is 0 Å². The first-order chi connectivity index (χ1) is 14.4. The van der Waals surface area contributed by atoms with E-state index in [1.807, 2.05) is 0 Å². The van der Waals surface area contributed by atoms with Gasteiger partial charge in [-0.1, -0.05) is 16.8 Å². The molecule has 2 aliphatic rings. The normalized spacial score (nSPS) is 21.0. The summed E-state index contributed by atoms with van der Waals surface area (Å²) in [5, 5.41) is 3.95. The Morgan fingerprint density at radius 1 is 1.23 bits per heavy atom. The van der Waals surface area contributed by atoms with Crippen molar-refractivity contribution >= 4 is 27.5 Å². The van der Waals surface area contributed by atoms with E-state index in [-0.39, 0.29) is 28.3 Å². The fourth-order valence-corrected chi connectivity index (χ4v) is 5.82. The van der Waals surface area contributed by atoms with Crippen LogP contribution in [0.3, 0.4) is 0 Å². The van der Waals surface area contributed by atoms with Crippen molar-refractivity contribution in [3.8, 4) is 11.4 Å². The van der Waals surface area contributed by atoms with Gasteiger partial charge in [-0.05, 0) is 31.0 Å². The molecule has 2 aliphatic heterocycles. The molecule has 9 nitrogen and oxygen atoms in total. The maximum atomic E-state index is 13.4. The second-order valence-corrected chi connectivity index (χ2v) is 9.74. The highest BCUT2D eigenvalue weighted by atomic mass is 35.5. The number of piperidine rings is 1. The van der Waals surface area contributed by atoms with Gasteiger partial charge in [-0.3, -0.25) is 4.79 Å². The lowest BCUT2D eigenvalue weighted by molar-refractivity contribution is -0.140. The maximum Gasteiger partial charge on any atom is 0.244 e. The number of hydrogen-bond acceptors (Lipinski definition) is 7. The molecule has 0 spiro atoms. The zero-order valence-electron chi connectivity index (χ0n) is 16.6. The number of morpholine rings is 1. The minimum atomic E-state index is -3.89. The average molecular weight is 455 g/mol. The van der Waals surface area contributed by atoms with Gasteiger partial charge in [-0.15, -0.1) is 0 Å². The molecule has 0 bridgehead atoms. The summed E-state index contributed by atoms with van der Waals surface area (Å²) in [6.45, 7) is 4.25. The van der Waals surface area contributed by atoms with Crippen LogP contribution in [0, 0.1) is 12.8 Å². The van der Waals surface area contributed by atoms with Crippen LogP contribution in [0.2, 0.25) is 5.02 Å². The van der Waals surface area contributed by atoms with Gasteiger partial charge in [0.15, 0.2) is 0 Å². The molecule has 1 aromatic carbocycles. The lowest BCUT2D eigenvalue weighted by atomic mass is 9.98. The van der Waals surface area contributed by atoms with Crippen molar-refractivity contribution in [2.24, 2.45) is 5.92 Å². The van der Waals surface area contributed by atoms with Crippen molar-refractivity contribution < 1.29 is 22.5 Å². The van der Waals surface area contributed by atoms with Crippen molar-refractivity contribution in [3.05, 3.63) is 29.1 Å². The van der Waals surface area contributed by atoms with Crippen molar-refractivity contribution in [2.45, 2.75) is 24.7 Å². The monoisotopic (exact) mass is 454 g/mol. The molecule has 162 valence electrons. The van der Waals surface area contributed by atoms with Crippen LogP contribution in [0.15, 0.2) is 27.6 Å². The number of sulfonamides is 1. The zero-order chi connectivity index (χ0) is 21.3. The van der Waals surface area contributed by atoms with Gasteiger partial charge < -0.3 is 14.2 Å². The summed E-state index contributed by atoms with van der Waals surface area (Å²) >= 11 is 6.25. The van der Waals surface area contributed by atoms with E-state index in [4.69, 9.17) is 20.9 Å². The van der Waals surface area contributed by atoms with Crippen LogP contribution in [-0.2, 0) is 19.6 Å². The van der Waals surface area contributed by atoms with Crippen LogP contribution in [0.25, 0.3) is 11.4 Å². The molecule has 30 heavy (non-hydrogen) atoms. The molecule has 2 fully saturated rings. The van der Waals surface area contributed by atoms with Gasteiger partial charge in [0.2, 0.25) is 27.6 Å². The third kappa shape index (κ3) is 4.22. The quantitative estimate of drug-likeness (QED) is 0.695.